The molecule has 2 unspecified atom stereocenters. The zero-order chi connectivity index (χ0) is 12.1. The van der Waals surface area contributed by atoms with Crippen LogP contribution in [0.5, 0.6) is 0 Å². The van der Waals surface area contributed by atoms with E-state index in [0.29, 0.717) is 29.1 Å². The van der Waals surface area contributed by atoms with Crippen molar-refractivity contribution in [1.29, 1.82) is 0 Å². The van der Waals surface area contributed by atoms with Crippen LogP contribution in [0.4, 0.5) is 0 Å². The third-order valence-electron chi connectivity index (χ3n) is 2.42. The SMILES string of the molecule is NCCC(O)C(O)c1ccc(Cl)cc1CO. The molecule has 2 atom stereocenters. The minimum atomic E-state index is -1.05. The number of hydrogen-bond donors (Lipinski definition) is 4. The van der Waals surface area contributed by atoms with Gasteiger partial charge in [-0.15, -0.1) is 0 Å². The molecule has 5 heteroatoms. The molecule has 0 saturated carbocycles. The van der Waals surface area contributed by atoms with Crippen LogP contribution in [0.2, 0.25) is 5.02 Å². The number of nitrogens with two attached hydrogens (primary N) is 1. The number of rotatable bonds is 5. The fraction of sp³-hybridized carbons (Fsp3) is 0.455. The van der Waals surface area contributed by atoms with E-state index in [1.165, 1.54) is 0 Å². The van der Waals surface area contributed by atoms with E-state index in [0.717, 1.165) is 0 Å². The summed E-state index contributed by atoms with van der Waals surface area (Å²) < 4.78 is 0. The smallest absolute Gasteiger partial charge is 0.105 e. The predicted octanol–water partition coefficient (Wildman–Crippen LogP) is 0.575. The molecule has 5 N–H and O–H groups in total. The lowest BCUT2D eigenvalue weighted by Gasteiger charge is -2.20. The Kier molecular flexibility index (Phi) is 5.18. The average Bonchev–Trinajstić information content (AvgIpc) is 2.28. The van der Waals surface area contributed by atoms with Gasteiger partial charge in [-0.1, -0.05) is 17.7 Å². The largest absolute Gasteiger partial charge is 0.392 e. The molecule has 1 rings (SSSR count). The first-order chi connectivity index (χ1) is 7.60. The molecule has 0 heterocycles. The van der Waals surface area contributed by atoms with E-state index in [1.54, 1.807) is 18.2 Å². The fourth-order valence-corrected chi connectivity index (χ4v) is 1.73. The summed E-state index contributed by atoms with van der Waals surface area (Å²) in [5.74, 6) is 0. The van der Waals surface area contributed by atoms with Crippen molar-refractivity contribution in [1.82, 2.24) is 0 Å². The van der Waals surface area contributed by atoms with E-state index in [-0.39, 0.29) is 6.61 Å². The standard InChI is InChI=1S/C11H16ClNO3/c12-8-1-2-9(7(5-8)6-14)11(16)10(15)3-4-13/h1-2,5,10-11,14-16H,3-4,6,13H2. The number of aliphatic hydroxyl groups excluding tert-OH is 3. The maximum atomic E-state index is 9.86. The van der Waals surface area contributed by atoms with Crippen LogP contribution >= 0.6 is 11.6 Å². The Balaban J connectivity index is 2.93. The summed E-state index contributed by atoms with van der Waals surface area (Å²) in [5.41, 5.74) is 6.29. The van der Waals surface area contributed by atoms with Crippen molar-refractivity contribution in [2.45, 2.75) is 25.2 Å². The average molecular weight is 246 g/mol. The highest BCUT2D eigenvalue weighted by Crippen LogP contribution is 2.25. The molecule has 0 amide bonds. The molecule has 1 aromatic carbocycles. The molecule has 4 nitrogen and oxygen atoms in total. The molecule has 0 spiro atoms. The van der Waals surface area contributed by atoms with Gasteiger partial charge in [0.1, 0.15) is 6.10 Å². The lowest BCUT2D eigenvalue weighted by atomic mass is 9.97. The van der Waals surface area contributed by atoms with E-state index in [4.69, 9.17) is 22.4 Å². The van der Waals surface area contributed by atoms with Crippen molar-refractivity contribution in [3.63, 3.8) is 0 Å². The number of halogens is 1. The van der Waals surface area contributed by atoms with Gasteiger partial charge >= 0.3 is 0 Å². The lowest BCUT2D eigenvalue weighted by molar-refractivity contribution is 0.0139. The molecule has 16 heavy (non-hydrogen) atoms. The van der Waals surface area contributed by atoms with Crippen LogP contribution in [-0.2, 0) is 6.61 Å². The predicted molar refractivity (Wildman–Crippen MR) is 62.0 cm³/mol. The second-order valence-corrected chi connectivity index (χ2v) is 4.03. The molecule has 90 valence electrons. The van der Waals surface area contributed by atoms with Crippen molar-refractivity contribution in [3.8, 4) is 0 Å². The molecule has 0 bridgehead atoms. The van der Waals surface area contributed by atoms with Gasteiger partial charge in [-0.25, -0.2) is 0 Å². The summed E-state index contributed by atoms with van der Waals surface area (Å²) in [5, 5.41) is 29.1. The summed E-state index contributed by atoms with van der Waals surface area (Å²) in [7, 11) is 0. The molecule has 0 radical (unpaired) electrons. The van der Waals surface area contributed by atoms with Crippen LogP contribution < -0.4 is 5.73 Å². The van der Waals surface area contributed by atoms with Crippen LogP contribution in [0.15, 0.2) is 18.2 Å². The third-order valence-corrected chi connectivity index (χ3v) is 2.66. The van der Waals surface area contributed by atoms with Crippen LogP contribution in [0.1, 0.15) is 23.7 Å². The summed E-state index contributed by atoms with van der Waals surface area (Å²) in [6.45, 7) is 0.0581. The number of benzene rings is 1. The monoisotopic (exact) mass is 245 g/mol. The molecule has 0 aromatic heterocycles. The Morgan fingerprint density at radius 1 is 1.31 bits per heavy atom. The molecular formula is C11H16ClNO3. The van der Waals surface area contributed by atoms with Crippen LogP contribution in [0.3, 0.4) is 0 Å². The van der Waals surface area contributed by atoms with E-state index in [9.17, 15) is 10.2 Å². The first-order valence-corrected chi connectivity index (χ1v) is 5.43. The van der Waals surface area contributed by atoms with Gasteiger partial charge in [0.2, 0.25) is 0 Å². The minimum Gasteiger partial charge on any atom is -0.392 e. The van der Waals surface area contributed by atoms with Gasteiger partial charge in [-0.3, -0.25) is 0 Å². The molecule has 0 saturated heterocycles. The Morgan fingerprint density at radius 3 is 2.56 bits per heavy atom. The first-order valence-electron chi connectivity index (χ1n) is 5.05. The summed E-state index contributed by atoms with van der Waals surface area (Å²) in [6.07, 6.45) is -1.69. The van der Waals surface area contributed by atoms with Gasteiger partial charge in [-0.05, 0) is 36.2 Å². The molecular weight excluding hydrogens is 230 g/mol. The van der Waals surface area contributed by atoms with Crippen LogP contribution in [-0.4, -0.2) is 28.0 Å². The second-order valence-electron chi connectivity index (χ2n) is 3.59. The summed E-state index contributed by atoms with van der Waals surface area (Å²) in [4.78, 5) is 0. The highest BCUT2D eigenvalue weighted by molar-refractivity contribution is 6.30. The highest BCUT2D eigenvalue weighted by Gasteiger charge is 2.20. The Bertz CT molecular complexity index is 346. The van der Waals surface area contributed by atoms with Crippen LogP contribution in [0.25, 0.3) is 0 Å². The minimum absolute atomic E-state index is 0.234. The van der Waals surface area contributed by atoms with Gasteiger partial charge < -0.3 is 21.1 Å². The fourth-order valence-electron chi connectivity index (χ4n) is 1.54. The Hall–Kier alpha value is -0.650. The molecule has 0 aliphatic heterocycles. The molecule has 0 fully saturated rings. The van der Waals surface area contributed by atoms with Crippen molar-refractivity contribution in [3.05, 3.63) is 34.3 Å². The lowest BCUT2D eigenvalue weighted by Crippen LogP contribution is -2.22. The van der Waals surface area contributed by atoms with Gasteiger partial charge in [0.25, 0.3) is 0 Å². The zero-order valence-electron chi connectivity index (χ0n) is 8.81. The van der Waals surface area contributed by atoms with E-state index in [2.05, 4.69) is 0 Å². The summed E-state index contributed by atoms with van der Waals surface area (Å²) >= 11 is 5.77. The first kappa shape index (κ1) is 13.4. The van der Waals surface area contributed by atoms with Crippen molar-refractivity contribution >= 4 is 11.6 Å². The zero-order valence-corrected chi connectivity index (χ0v) is 9.56. The Labute approximate surface area is 99.3 Å². The molecule has 0 aliphatic rings. The van der Waals surface area contributed by atoms with Crippen molar-refractivity contribution in [2.75, 3.05) is 6.54 Å². The summed E-state index contributed by atoms with van der Waals surface area (Å²) in [6, 6.07) is 4.77. The van der Waals surface area contributed by atoms with E-state index < -0.39 is 12.2 Å². The quantitative estimate of drug-likeness (QED) is 0.611. The third kappa shape index (κ3) is 3.17. The number of hydrogen-bond acceptors (Lipinski definition) is 4. The molecule has 1 aromatic rings. The van der Waals surface area contributed by atoms with Gasteiger partial charge in [0.05, 0.1) is 12.7 Å². The van der Waals surface area contributed by atoms with Crippen LogP contribution in [0, 0.1) is 0 Å². The second kappa shape index (κ2) is 6.18. The van der Waals surface area contributed by atoms with E-state index in [1.807, 2.05) is 0 Å². The van der Waals surface area contributed by atoms with Gasteiger partial charge in [-0.2, -0.15) is 0 Å². The van der Waals surface area contributed by atoms with Gasteiger partial charge in [0, 0.05) is 5.02 Å². The Morgan fingerprint density at radius 2 is 2.00 bits per heavy atom. The van der Waals surface area contributed by atoms with E-state index >= 15 is 0 Å². The molecule has 0 aliphatic carbocycles. The maximum absolute atomic E-state index is 9.86. The maximum Gasteiger partial charge on any atom is 0.105 e. The normalized spacial score (nSPS) is 14.8. The van der Waals surface area contributed by atoms with Crippen molar-refractivity contribution < 1.29 is 15.3 Å². The van der Waals surface area contributed by atoms with Crippen molar-refractivity contribution in [2.24, 2.45) is 5.73 Å². The highest BCUT2D eigenvalue weighted by atomic mass is 35.5. The number of aliphatic hydroxyl groups is 3. The van der Waals surface area contributed by atoms with Gasteiger partial charge in [0.15, 0.2) is 0 Å². The topological polar surface area (TPSA) is 86.7 Å².